The van der Waals surface area contributed by atoms with Crippen LogP contribution in [0.25, 0.3) is 6.08 Å². The number of benzene rings is 3. The average Bonchev–Trinajstić information content (AvgIpc) is 3.01. The highest BCUT2D eigenvalue weighted by atomic mass is 79.9. The molecule has 0 saturated carbocycles. The zero-order valence-corrected chi connectivity index (χ0v) is 19.8. The molecule has 1 heterocycles. The molecule has 0 unspecified atom stereocenters. The molecule has 156 valence electrons. The zero-order valence-electron chi connectivity index (χ0n) is 15.8. The van der Waals surface area contributed by atoms with Crippen molar-refractivity contribution in [3.05, 3.63) is 97.3 Å². The lowest BCUT2D eigenvalue weighted by atomic mass is 10.2. The van der Waals surface area contributed by atoms with Crippen molar-refractivity contribution in [1.82, 2.24) is 0 Å². The SMILES string of the molecule is O=C1S/C(=C/c2ccc(OCc3ccccc3Cl)c(Br)c2)C(=O)N1c1cccc(Cl)c1. The van der Waals surface area contributed by atoms with Crippen LogP contribution in [-0.4, -0.2) is 11.1 Å². The van der Waals surface area contributed by atoms with Gasteiger partial charge in [-0.2, -0.15) is 0 Å². The largest absolute Gasteiger partial charge is 0.488 e. The molecule has 0 radical (unpaired) electrons. The Morgan fingerprint density at radius 3 is 2.55 bits per heavy atom. The van der Waals surface area contributed by atoms with E-state index >= 15 is 0 Å². The molecule has 4 rings (SSSR count). The lowest BCUT2D eigenvalue weighted by molar-refractivity contribution is -0.113. The number of thioether (sulfide) groups is 1. The van der Waals surface area contributed by atoms with Crippen LogP contribution in [0.3, 0.4) is 0 Å². The van der Waals surface area contributed by atoms with Gasteiger partial charge in [0.2, 0.25) is 0 Å². The van der Waals surface area contributed by atoms with Crippen molar-refractivity contribution in [2.24, 2.45) is 0 Å². The van der Waals surface area contributed by atoms with Crippen LogP contribution < -0.4 is 9.64 Å². The molecule has 1 aliphatic rings. The second-order valence-electron chi connectivity index (χ2n) is 6.57. The summed E-state index contributed by atoms with van der Waals surface area (Å²) in [4.78, 5) is 26.7. The van der Waals surface area contributed by atoms with Gasteiger partial charge in [-0.3, -0.25) is 9.59 Å². The van der Waals surface area contributed by atoms with Crippen LogP contribution in [0.15, 0.2) is 76.1 Å². The van der Waals surface area contributed by atoms with E-state index in [0.29, 0.717) is 33.0 Å². The maximum Gasteiger partial charge on any atom is 0.298 e. The second kappa shape index (κ2) is 9.49. The number of amides is 2. The highest BCUT2D eigenvalue weighted by Crippen LogP contribution is 2.37. The maximum absolute atomic E-state index is 12.8. The molecule has 1 fully saturated rings. The summed E-state index contributed by atoms with van der Waals surface area (Å²) < 4.78 is 6.58. The van der Waals surface area contributed by atoms with E-state index in [1.54, 1.807) is 36.4 Å². The van der Waals surface area contributed by atoms with Crippen molar-refractivity contribution in [3.63, 3.8) is 0 Å². The summed E-state index contributed by atoms with van der Waals surface area (Å²) in [6.45, 7) is 0.330. The molecule has 4 nitrogen and oxygen atoms in total. The quantitative estimate of drug-likeness (QED) is 0.316. The van der Waals surface area contributed by atoms with Crippen LogP contribution in [0.4, 0.5) is 10.5 Å². The van der Waals surface area contributed by atoms with Gasteiger partial charge in [-0.15, -0.1) is 0 Å². The minimum atomic E-state index is -0.382. The van der Waals surface area contributed by atoms with Crippen LogP contribution >= 0.6 is 50.9 Å². The minimum Gasteiger partial charge on any atom is -0.488 e. The van der Waals surface area contributed by atoms with E-state index in [4.69, 9.17) is 27.9 Å². The summed E-state index contributed by atoms with van der Waals surface area (Å²) in [5.41, 5.74) is 2.09. The Labute approximate surface area is 201 Å². The third kappa shape index (κ3) is 4.99. The van der Waals surface area contributed by atoms with E-state index < -0.39 is 0 Å². The predicted octanol–water partition coefficient (Wildman–Crippen LogP) is 7.58. The predicted molar refractivity (Wildman–Crippen MR) is 130 cm³/mol. The first-order valence-corrected chi connectivity index (χ1v) is 11.5. The first-order valence-electron chi connectivity index (χ1n) is 9.11. The summed E-state index contributed by atoms with van der Waals surface area (Å²) in [6.07, 6.45) is 1.68. The van der Waals surface area contributed by atoms with E-state index in [1.165, 1.54) is 0 Å². The summed E-state index contributed by atoms with van der Waals surface area (Å²) in [5, 5.41) is 0.736. The maximum atomic E-state index is 12.8. The minimum absolute atomic E-state index is 0.330. The molecule has 0 atom stereocenters. The molecule has 0 spiro atoms. The van der Waals surface area contributed by atoms with Gasteiger partial charge in [0.1, 0.15) is 12.4 Å². The van der Waals surface area contributed by atoms with E-state index in [-0.39, 0.29) is 11.1 Å². The van der Waals surface area contributed by atoms with E-state index in [0.717, 1.165) is 32.3 Å². The number of imide groups is 1. The van der Waals surface area contributed by atoms with E-state index in [9.17, 15) is 9.59 Å². The fourth-order valence-corrected chi connectivity index (χ4v) is 4.68. The molecule has 1 aliphatic heterocycles. The Bertz CT molecular complexity index is 1210. The summed E-state index contributed by atoms with van der Waals surface area (Å²) in [5.74, 6) is 0.261. The molecular formula is C23H14BrCl2NO3S. The number of ether oxygens (including phenoxy) is 1. The fraction of sp³-hybridized carbons (Fsp3) is 0.0435. The summed E-state index contributed by atoms with van der Waals surface area (Å²) in [7, 11) is 0. The molecule has 1 saturated heterocycles. The molecule has 0 bridgehead atoms. The molecule has 31 heavy (non-hydrogen) atoms. The van der Waals surface area contributed by atoms with E-state index in [1.807, 2.05) is 36.4 Å². The summed E-state index contributed by atoms with van der Waals surface area (Å²) in [6, 6.07) is 19.6. The van der Waals surface area contributed by atoms with E-state index in [2.05, 4.69) is 15.9 Å². The molecule has 3 aromatic carbocycles. The molecule has 8 heteroatoms. The third-order valence-electron chi connectivity index (χ3n) is 4.45. The fourth-order valence-electron chi connectivity index (χ4n) is 2.95. The number of rotatable bonds is 5. The van der Waals surface area contributed by atoms with Gasteiger partial charge >= 0.3 is 0 Å². The Hall–Kier alpha value is -2.25. The Morgan fingerprint density at radius 2 is 1.81 bits per heavy atom. The van der Waals surface area contributed by atoms with Crippen LogP contribution in [-0.2, 0) is 11.4 Å². The van der Waals surface area contributed by atoms with Crippen LogP contribution in [0.5, 0.6) is 5.75 Å². The van der Waals surface area contributed by atoms with Gasteiger partial charge < -0.3 is 4.74 Å². The number of hydrogen-bond acceptors (Lipinski definition) is 4. The molecule has 0 aliphatic carbocycles. The standard InChI is InChI=1S/C23H14BrCl2NO3S/c24-18-10-14(8-9-20(18)30-13-15-4-1-2-7-19(15)26)11-21-22(28)27(23(29)31-21)17-6-3-5-16(25)12-17/h1-12H,13H2/b21-11+. The normalized spacial score (nSPS) is 15.1. The highest BCUT2D eigenvalue weighted by Gasteiger charge is 2.36. The zero-order chi connectivity index (χ0) is 22.0. The van der Waals surface area contributed by atoms with Crippen molar-refractivity contribution >= 4 is 73.8 Å². The van der Waals surface area contributed by atoms with Crippen molar-refractivity contribution in [2.45, 2.75) is 6.61 Å². The molecular weight excluding hydrogens is 521 g/mol. The number of hydrogen-bond donors (Lipinski definition) is 0. The van der Waals surface area contributed by atoms with Gasteiger partial charge in [0.15, 0.2) is 0 Å². The Morgan fingerprint density at radius 1 is 1.00 bits per heavy atom. The Balaban J connectivity index is 1.51. The van der Waals surface area contributed by atoms with Gasteiger partial charge in [-0.05, 0) is 75.7 Å². The highest BCUT2D eigenvalue weighted by molar-refractivity contribution is 9.10. The summed E-state index contributed by atoms with van der Waals surface area (Å²) >= 11 is 16.6. The number of carbonyl (C=O) groups is 2. The third-order valence-corrected chi connectivity index (χ3v) is 6.55. The first kappa shape index (κ1) is 22.0. The first-order chi connectivity index (χ1) is 14.9. The Kier molecular flexibility index (Phi) is 6.72. The van der Waals surface area contributed by atoms with Crippen LogP contribution in [0.1, 0.15) is 11.1 Å². The van der Waals surface area contributed by atoms with Crippen LogP contribution in [0, 0.1) is 0 Å². The van der Waals surface area contributed by atoms with Crippen molar-refractivity contribution in [1.29, 1.82) is 0 Å². The molecule has 2 amide bonds. The van der Waals surface area contributed by atoms with Gasteiger partial charge in [0.25, 0.3) is 11.1 Å². The number of nitrogens with zero attached hydrogens (tertiary/aromatic N) is 1. The number of anilines is 1. The monoisotopic (exact) mass is 533 g/mol. The van der Waals surface area contributed by atoms with Gasteiger partial charge in [-0.1, -0.05) is 53.5 Å². The molecule has 0 aromatic heterocycles. The smallest absolute Gasteiger partial charge is 0.298 e. The van der Waals surface area contributed by atoms with Crippen molar-refractivity contribution < 1.29 is 14.3 Å². The van der Waals surface area contributed by atoms with Crippen molar-refractivity contribution in [2.75, 3.05) is 4.90 Å². The lowest BCUT2D eigenvalue weighted by Gasteiger charge is -2.12. The average molecular weight is 535 g/mol. The van der Waals surface area contributed by atoms with Gasteiger partial charge in [-0.25, -0.2) is 4.90 Å². The molecule has 3 aromatic rings. The van der Waals surface area contributed by atoms with Crippen LogP contribution in [0.2, 0.25) is 10.0 Å². The topological polar surface area (TPSA) is 46.6 Å². The number of carbonyl (C=O) groups excluding carboxylic acids is 2. The van der Waals surface area contributed by atoms with Crippen molar-refractivity contribution in [3.8, 4) is 5.75 Å². The number of halogens is 3. The lowest BCUT2D eigenvalue weighted by Crippen LogP contribution is -2.27. The molecule has 0 N–H and O–H groups in total. The van der Waals surface area contributed by atoms with Gasteiger partial charge in [0.05, 0.1) is 15.1 Å². The van der Waals surface area contributed by atoms with Gasteiger partial charge in [0, 0.05) is 15.6 Å². The second-order valence-corrected chi connectivity index (χ2v) is 9.26.